The van der Waals surface area contributed by atoms with Gasteiger partial charge in [0.25, 0.3) is 11.8 Å². The van der Waals surface area contributed by atoms with Crippen LogP contribution >= 0.6 is 11.6 Å². The Labute approximate surface area is 269 Å². The van der Waals surface area contributed by atoms with Crippen LogP contribution < -0.4 is 5.32 Å². The number of nitrogens with one attached hydrogen (secondary N) is 2. The highest BCUT2D eigenvalue weighted by Gasteiger charge is 2.30. The molecule has 2 aromatic carbocycles. The smallest absolute Gasteiger partial charge is 0.269 e. The predicted molar refractivity (Wildman–Crippen MR) is 170 cm³/mol. The van der Waals surface area contributed by atoms with Gasteiger partial charge in [-0.15, -0.1) is 0 Å². The van der Waals surface area contributed by atoms with Crippen molar-refractivity contribution in [3.63, 3.8) is 0 Å². The molecule has 46 heavy (non-hydrogen) atoms. The third-order valence-electron chi connectivity index (χ3n) is 7.95. The van der Waals surface area contributed by atoms with E-state index in [2.05, 4.69) is 15.4 Å². The standard InChI is InChI=1S/C28H26ClF2N5O2.C5H9F2N/c1-34(2)28(38)24-15-22-20(21-13-18(30)6-7-23(21)29)14-19(26(31)27(22)33-24)17-5-3-10-35(16-17)25(37)8-12-36-11-4-9-32-36;6-5(7)2-1-3-8-4-5/h4-7,9,11,13-15,33H,3,8,10,12,16H2,1-2H3;8H,1-4H2. The van der Waals surface area contributed by atoms with E-state index in [4.69, 9.17) is 11.6 Å². The fourth-order valence-electron chi connectivity index (χ4n) is 5.56. The Hall–Kier alpha value is -4.16. The number of carbonyl (C=O) groups is 2. The molecule has 0 radical (unpaired) electrons. The molecular formula is C33H35ClF4N6O2. The minimum atomic E-state index is -2.43. The third kappa shape index (κ3) is 7.61. The van der Waals surface area contributed by atoms with Gasteiger partial charge in [0.1, 0.15) is 11.5 Å². The van der Waals surface area contributed by atoms with Gasteiger partial charge in [-0.3, -0.25) is 14.3 Å². The van der Waals surface area contributed by atoms with Crippen molar-refractivity contribution in [2.24, 2.45) is 0 Å². The monoisotopic (exact) mass is 658 g/mol. The number of amides is 2. The molecule has 0 bridgehead atoms. The number of fused-ring (bicyclic) bond motifs is 1. The molecule has 244 valence electrons. The molecule has 2 amide bonds. The van der Waals surface area contributed by atoms with Crippen LogP contribution in [0.5, 0.6) is 0 Å². The summed E-state index contributed by atoms with van der Waals surface area (Å²) in [7, 11) is 3.20. The number of alkyl halides is 2. The first-order valence-corrected chi connectivity index (χ1v) is 15.4. The molecule has 0 spiro atoms. The summed E-state index contributed by atoms with van der Waals surface area (Å²) in [6, 6.07) is 8.97. The van der Waals surface area contributed by atoms with Gasteiger partial charge in [0.15, 0.2) is 5.82 Å². The molecule has 0 atom stereocenters. The zero-order valence-electron chi connectivity index (χ0n) is 25.6. The van der Waals surface area contributed by atoms with Gasteiger partial charge in [-0.2, -0.15) is 5.10 Å². The highest BCUT2D eigenvalue weighted by molar-refractivity contribution is 6.33. The zero-order valence-corrected chi connectivity index (χ0v) is 26.3. The molecule has 2 aromatic heterocycles. The van der Waals surface area contributed by atoms with Gasteiger partial charge in [0, 0.05) is 80.5 Å². The van der Waals surface area contributed by atoms with Crippen LogP contribution in [0.1, 0.15) is 41.7 Å². The molecular weight excluding hydrogens is 624 g/mol. The molecule has 1 fully saturated rings. The number of hydrogen-bond acceptors (Lipinski definition) is 4. The third-order valence-corrected chi connectivity index (χ3v) is 8.28. The molecule has 2 aliphatic rings. The number of benzene rings is 2. The topological polar surface area (TPSA) is 86.3 Å². The Balaban J connectivity index is 0.000000455. The molecule has 0 saturated carbocycles. The van der Waals surface area contributed by atoms with Crippen LogP contribution in [-0.2, 0) is 11.3 Å². The number of halogens is 5. The van der Waals surface area contributed by atoms with Crippen LogP contribution in [0.15, 0.2) is 54.9 Å². The first-order valence-electron chi connectivity index (χ1n) is 15.0. The van der Waals surface area contributed by atoms with Crippen molar-refractivity contribution < 1.29 is 27.2 Å². The van der Waals surface area contributed by atoms with Crippen molar-refractivity contribution >= 4 is 39.9 Å². The summed E-state index contributed by atoms with van der Waals surface area (Å²) in [4.78, 5) is 31.6. The lowest BCUT2D eigenvalue weighted by molar-refractivity contribution is -0.131. The van der Waals surface area contributed by atoms with Gasteiger partial charge in [-0.1, -0.05) is 17.7 Å². The first kappa shape index (κ1) is 33.2. The van der Waals surface area contributed by atoms with Gasteiger partial charge in [0.2, 0.25) is 5.91 Å². The number of aryl methyl sites for hydroxylation is 1. The largest absolute Gasteiger partial charge is 0.348 e. The quantitative estimate of drug-likeness (QED) is 0.236. The number of H-pyrrole nitrogens is 1. The Morgan fingerprint density at radius 2 is 1.91 bits per heavy atom. The maximum atomic E-state index is 16.1. The lowest BCUT2D eigenvalue weighted by Crippen LogP contribution is -2.38. The highest BCUT2D eigenvalue weighted by atomic mass is 35.5. The second kappa shape index (κ2) is 14.1. The highest BCUT2D eigenvalue weighted by Crippen LogP contribution is 2.39. The summed E-state index contributed by atoms with van der Waals surface area (Å²) in [5, 5.41) is 7.46. The van der Waals surface area contributed by atoms with Crippen LogP contribution in [0.3, 0.4) is 0 Å². The second-order valence-corrected chi connectivity index (χ2v) is 12.0. The summed E-state index contributed by atoms with van der Waals surface area (Å²) < 4.78 is 56.3. The van der Waals surface area contributed by atoms with Crippen molar-refractivity contribution in [1.29, 1.82) is 0 Å². The molecule has 0 unspecified atom stereocenters. The molecule has 4 heterocycles. The summed E-state index contributed by atoms with van der Waals surface area (Å²) in [6.07, 6.45) is 6.86. The maximum Gasteiger partial charge on any atom is 0.269 e. The van der Waals surface area contributed by atoms with Crippen molar-refractivity contribution in [3.05, 3.63) is 82.8 Å². The lowest BCUT2D eigenvalue weighted by Gasteiger charge is -2.28. The van der Waals surface area contributed by atoms with Gasteiger partial charge in [-0.25, -0.2) is 17.6 Å². The van der Waals surface area contributed by atoms with E-state index in [1.807, 2.05) is 6.08 Å². The van der Waals surface area contributed by atoms with Crippen LogP contribution in [0.2, 0.25) is 5.02 Å². The SMILES string of the molecule is CN(C)C(=O)c1cc2c(-c3cc(F)ccc3Cl)cc(C3=CCCN(C(=O)CCn4cccn4)C3)c(F)c2[nH]1.FC1(F)CCCNC1. The number of nitrogens with zero attached hydrogens (tertiary/aromatic N) is 4. The van der Waals surface area contributed by atoms with Crippen LogP contribution in [0.4, 0.5) is 17.6 Å². The second-order valence-electron chi connectivity index (χ2n) is 11.6. The van der Waals surface area contributed by atoms with Gasteiger partial charge < -0.3 is 20.1 Å². The molecule has 2 N–H and O–H groups in total. The molecule has 8 nitrogen and oxygen atoms in total. The Bertz CT molecular complexity index is 1740. The summed E-state index contributed by atoms with van der Waals surface area (Å²) in [5.41, 5.74) is 2.08. The van der Waals surface area contributed by atoms with Crippen molar-refractivity contribution in [2.45, 2.75) is 38.2 Å². The Morgan fingerprint density at radius 1 is 1.11 bits per heavy atom. The van der Waals surface area contributed by atoms with E-state index in [1.54, 1.807) is 54.3 Å². The van der Waals surface area contributed by atoms with Crippen LogP contribution in [0.25, 0.3) is 27.6 Å². The molecule has 0 aliphatic carbocycles. The average Bonchev–Trinajstić information content (AvgIpc) is 3.72. The molecule has 2 aliphatic heterocycles. The van der Waals surface area contributed by atoms with Crippen molar-refractivity contribution in [2.75, 3.05) is 40.3 Å². The van der Waals surface area contributed by atoms with E-state index in [9.17, 15) is 22.8 Å². The van der Waals surface area contributed by atoms with Crippen molar-refractivity contribution in [3.8, 4) is 11.1 Å². The molecule has 4 aromatic rings. The number of aromatic amines is 1. The molecule has 13 heteroatoms. The van der Waals surface area contributed by atoms with Gasteiger partial charge in [0.05, 0.1) is 12.1 Å². The number of rotatable bonds is 6. The van der Waals surface area contributed by atoms with Crippen LogP contribution in [-0.4, -0.2) is 82.6 Å². The first-order chi connectivity index (χ1) is 21.9. The van der Waals surface area contributed by atoms with Gasteiger partial charge in [-0.05, 0) is 66.9 Å². The van der Waals surface area contributed by atoms with Crippen molar-refractivity contribution in [1.82, 2.24) is 29.9 Å². The summed E-state index contributed by atoms with van der Waals surface area (Å²) in [6.45, 7) is 1.82. The zero-order chi connectivity index (χ0) is 33.0. The van der Waals surface area contributed by atoms with E-state index >= 15 is 4.39 Å². The van der Waals surface area contributed by atoms with E-state index in [1.165, 1.54) is 23.1 Å². The molecule has 1 saturated heterocycles. The van der Waals surface area contributed by atoms with E-state index in [0.29, 0.717) is 53.0 Å². The fraction of sp³-hybridized carbons (Fsp3) is 0.364. The number of carbonyl (C=O) groups excluding carboxylic acids is 2. The minimum absolute atomic E-state index is 0.0556. The Morgan fingerprint density at radius 3 is 2.57 bits per heavy atom. The summed E-state index contributed by atoms with van der Waals surface area (Å²) >= 11 is 6.45. The average molecular weight is 659 g/mol. The number of piperidine rings is 1. The Kier molecular flexibility index (Phi) is 10.2. The molecule has 6 rings (SSSR count). The maximum absolute atomic E-state index is 16.1. The van der Waals surface area contributed by atoms with E-state index < -0.39 is 17.6 Å². The van der Waals surface area contributed by atoms with E-state index in [0.717, 1.165) is 6.54 Å². The minimum Gasteiger partial charge on any atom is -0.348 e. The normalized spacial score (nSPS) is 16.1. The van der Waals surface area contributed by atoms with Crippen LogP contribution in [0, 0.1) is 11.6 Å². The van der Waals surface area contributed by atoms with E-state index in [-0.39, 0.29) is 54.5 Å². The predicted octanol–water partition coefficient (Wildman–Crippen LogP) is 6.38. The number of hydrogen-bond donors (Lipinski definition) is 2. The lowest BCUT2D eigenvalue weighted by atomic mass is 9.93. The van der Waals surface area contributed by atoms with Gasteiger partial charge >= 0.3 is 0 Å². The fourth-order valence-corrected chi connectivity index (χ4v) is 5.78. The number of aromatic nitrogens is 3. The summed E-state index contributed by atoms with van der Waals surface area (Å²) in [5.74, 6) is -3.86.